The number of unbranched alkanes of at least 4 members (excludes halogenated alkanes) is 20. The Morgan fingerprint density at radius 3 is 0.778 bits per heavy atom. The van der Waals surface area contributed by atoms with Crippen LogP contribution in [0, 0.1) is 0 Å². The minimum absolute atomic E-state index is 1.19. The van der Waals surface area contributed by atoms with E-state index in [1.807, 2.05) is 14.1 Å². The average Bonchev–Trinajstić information content (AvgIpc) is 2.86. The Labute approximate surface area is 230 Å². The maximum Gasteiger partial charge on any atom is 0.274 e. The van der Waals surface area contributed by atoms with E-state index in [0.717, 1.165) is 0 Å². The van der Waals surface area contributed by atoms with Gasteiger partial charge in [-0.2, -0.15) is 0 Å². The molecular weight excluding hydrogens is 492 g/mol. The van der Waals surface area contributed by atoms with Crippen LogP contribution in [0.5, 0.6) is 0 Å². The molecule has 0 radical (unpaired) electrons. The topological polar surface area (TPSA) is 98.7 Å². The molecule has 0 bridgehead atoms. The Morgan fingerprint density at radius 1 is 0.417 bits per heavy atom. The lowest BCUT2D eigenvalue weighted by atomic mass is 10.1. The summed E-state index contributed by atoms with van der Waals surface area (Å²) in [5.74, 6) is 0. The highest BCUT2D eigenvalue weighted by molar-refractivity contribution is 8.56. The summed E-state index contributed by atoms with van der Waals surface area (Å²) in [6, 6.07) is 0. The smallest absolute Gasteiger partial charge is 0.274 e. The zero-order valence-electron chi connectivity index (χ0n) is 24.5. The molecule has 0 spiro atoms. The molecule has 0 aliphatic carbocycles. The van der Waals surface area contributed by atoms with Gasteiger partial charge in [0, 0.05) is 0 Å². The molecule has 222 valence electrons. The third kappa shape index (κ3) is 47.4. The lowest BCUT2D eigenvalue weighted by molar-refractivity contribution is 0.545. The molecule has 0 aliphatic heterocycles. The summed E-state index contributed by atoms with van der Waals surface area (Å²) in [7, 11) is -1.10. The first-order chi connectivity index (χ1) is 17.5. The number of rotatable bonds is 25. The number of nitrogens with one attached hydrogen (secondary N) is 2. The van der Waals surface area contributed by atoms with Crippen LogP contribution in [0.15, 0.2) is 0 Å². The van der Waals surface area contributed by atoms with Gasteiger partial charge in [-0.1, -0.05) is 142 Å². The quantitative estimate of drug-likeness (QED) is 0.0512. The Balaban J connectivity index is -0.000000495. The second-order valence-electron chi connectivity index (χ2n) is 9.71. The zero-order valence-corrected chi connectivity index (χ0v) is 26.1. The van der Waals surface area contributed by atoms with Gasteiger partial charge in [0.05, 0.1) is 0 Å². The minimum Gasteiger partial charge on any atom is -0.320 e. The Kier molecular flexibility index (Phi) is 44.8. The van der Waals surface area contributed by atoms with Gasteiger partial charge in [-0.15, -0.1) is 0 Å². The molecule has 0 aromatic rings. The lowest BCUT2D eigenvalue weighted by Crippen LogP contribution is -2.06. The van der Waals surface area contributed by atoms with Crippen LogP contribution in [0.3, 0.4) is 0 Å². The van der Waals surface area contributed by atoms with Gasteiger partial charge in [0.15, 0.2) is 0 Å². The summed E-state index contributed by atoms with van der Waals surface area (Å²) in [5, 5.41) is 6.40. The fourth-order valence-corrected chi connectivity index (χ4v) is 3.93. The molecule has 4 N–H and O–H groups in total. The first-order valence-corrected chi connectivity index (χ1v) is 17.7. The molecule has 0 saturated heterocycles. The SMILES string of the molecule is CCCCCCCCCCCCCNC.CCCCCCCCCCCCCNC.O=S(O)S(=O)O. The van der Waals surface area contributed by atoms with E-state index < -0.39 is 20.2 Å². The molecule has 2 atom stereocenters. The molecule has 8 heteroatoms. The molecule has 0 aliphatic rings. The fourth-order valence-electron chi connectivity index (χ4n) is 3.93. The normalized spacial score (nSPS) is 12.3. The average molecular weight is 557 g/mol. The summed E-state index contributed by atoms with van der Waals surface area (Å²) in [5.41, 5.74) is 0. The van der Waals surface area contributed by atoms with Crippen molar-refractivity contribution in [2.75, 3.05) is 27.2 Å². The van der Waals surface area contributed by atoms with Gasteiger partial charge in [-0.3, -0.25) is 9.11 Å². The molecule has 0 aromatic carbocycles. The van der Waals surface area contributed by atoms with Crippen molar-refractivity contribution < 1.29 is 17.5 Å². The van der Waals surface area contributed by atoms with Gasteiger partial charge in [-0.25, -0.2) is 8.42 Å². The highest BCUT2D eigenvalue weighted by atomic mass is 33.2. The van der Waals surface area contributed by atoms with E-state index in [1.165, 1.54) is 154 Å². The van der Waals surface area contributed by atoms with Crippen molar-refractivity contribution in [3.05, 3.63) is 0 Å². The van der Waals surface area contributed by atoms with Crippen molar-refractivity contribution >= 4 is 20.2 Å². The maximum atomic E-state index is 9.26. The third-order valence-electron chi connectivity index (χ3n) is 6.18. The molecule has 36 heavy (non-hydrogen) atoms. The van der Waals surface area contributed by atoms with Crippen molar-refractivity contribution in [2.45, 2.75) is 155 Å². The van der Waals surface area contributed by atoms with E-state index in [-0.39, 0.29) is 0 Å². The van der Waals surface area contributed by atoms with Crippen LogP contribution in [0.25, 0.3) is 0 Å². The van der Waals surface area contributed by atoms with E-state index in [0.29, 0.717) is 0 Å². The first-order valence-electron chi connectivity index (χ1n) is 15.0. The van der Waals surface area contributed by atoms with Gasteiger partial charge in [-0.05, 0) is 40.0 Å². The van der Waals surface area contributed by atoms with E-state index in [1.54, 1.807) is 0 Å². The van der Waals surface area contributed by atoms with Crippen LogP contribution in [-0.4, -0.2) is 44.7 Å². The van der Waals surface area contributed by atoms with Crippen molar-refractivity contribution in [2.24, 2.45) is 0 Å². The van der Waals surface area contributed by atoms with Crippen molar-refractivity contribution in [3.8, 4) is 0 Å². The van der Waals surface area contributed by atoms with Crippen LogP contribution in [0.2, 0.25) is 0 Å². The lowest BCUT2D eigenvalue weighted by Gasteiger charge is -2.02. The minimum atomic E-state index is -2.59. The van der Waals surface area contributed by atoms with Gasteiger partial charge >= 0.3 is 0 Å². The molecular formula is C28H64N2O4S2. The maximum absolute atomic E-state index is 9.26. The van der Waals surface area contributed by atoms with Crippen molar-refractivity contribution in [1.29, 1.82) is 0 Å². The highest BCUT2D eigenvalue weighted by Gasteiger charge is 1.96. The predicted molar refractivity (Wildman–Crippen MR) is 162 cm³/mol. The molecule has 6 nitrogen and oxygen atoms in total. The molecule has 0 fully saturated rings. The summed E-state index contributed by atoms with van der Waals surface area (Å²) in [4.78, 5) is 0. The first kappa shape index (κ1) is 40.6. The van der Waals surface area contributed by atoms with Gasteiger partial charge in [0.1, 0.15) is 0 Å². The monoisotopic (exact) mass is 556 g/mol. The third-order valence-corrected chi connectivity index (χ3v) is 7.16. The Morgan fingerprint density at radius 2 is 0.611 bits per heavy atom. The van der Waals surface area contributed by atoms with Gasteiger partial charge < -0.3 is 10.6 Å². The van der Waals surface area contributed by atoms with E-state index in [9.17, 15) is 8.42 Å². The Bertz CT molecular complexity index is 368. The fraction of sp³-hybridized carbons (Fsp3) is 1.00. The van der Waals surface area contributed by atoms with Crippen LogP contribution < -0.4 is 10.6 Å². The van der Waals surface area contributed by atoms with Crippen LogP contribution >= 0.6 is 0 Å². The summed E-state index contributed by atoms with van der Waals surface area (Å²) in [6.07, 6.45) is 31.6. The van der Waals surface area contributed by atoms with Crippen LogP contribution in [-0.2, 0) is 20.2 Å². The number of hydrogen-bond acceptors (Lipinski definition) is 4. The zero-order chi connectivity index (χ0) is 27.5. The predicted octanol–water partition coefficient (Wildman–Crippen LogP) is 8.38. The highest BCUT2D eigenvalue weighted by Crippen LogP contribution is 2.12. The van der Waals surface area contributed by atoms with Crippen LogP contribution in [0.1, 0.15) is 155 Å². The summed E-state index contributed by atoms with van der Waals surface area (Å²) in [6.45, 7) is 6.95. The summed E-state index contributed by atoms with van der Waals surface area (Å²) < 4.78 is 33.6. The molecule has 0 heterocycles. The second kappa shape index (κ2) is 39.6. The molecule has 0 saturated carbocycles. The molecule has 2 unspecified atom stereocenters. The molecule has 0 aromatic heterocycles. The van der Waals surface area contributed by atoms with E-state index in [2.05, 4.69) is 24.5 Å². The molecule has 0 rings (SSSR count). The largest absolute Gasteiger partial charge is 0.320 e. The number of hydrogen-bond donors (Lipinski definition) is 4. The molecule has 0 amide bonds. The van der Waals surface area contributed by atoms with Crippen molar-refractivity contribution in [3.63, 3.8) is 0 Å². The van der Waals surface area contributed by atoms with E-state index in [4.69, 9.17) is 9.11 Å². The van der Waals surface area contributed by atoms with E-state index >= 15 is 0 Å². The second-order valence-corrected chi connectivity index (χ2v) is 12.3. The van der Waals surface area contributed by atoms with Gasteiger partial charge in [0.25, 0.3) is 20.2 Å². The summed E-state index contributed by atoms with van der Waals surface area (Å²) >= 11 is 0. The van der Waals surface area contributed by atoms with Crippen LogP contribution in [0.4, 0.5) is 0 Å². The van der Waals surface area contributed by atoms with Crippen molar-refractivity contribution in [1.82, 2.24) is 10.6 Å². The Hall–Kier alpha value is 0.140. The van der Waals surface area contributed by atoms with Gasteiger partial charge in [0.2, 0.25) is 0 Å². The standard InChI is InChI=1S/2C14H31N.H2O4S2/c2*1-3-4-5-6-7-8-9-10-11-12-13-14-15-2;1-5(2)6(3)4/h2*15H,3-14H2,1-2H3;(H,1,2)(H,3,4).